The fourth-order valence-electron chi connectivity index (χ4n) is 2.06. The lowest BCUT2D eigenvalue weighted by Gasteiger charge is -2.18. The molecule has 1 unspecified atom stereocenters. The molecule has 138 valence electrons. The summed E-state index contributed by atoms with van der Waals surface area (Å²) in [5, 5.41) is 2.61. The van der Waals surface area contributed by atoms with Gasteiger partial charge in [-0.25, -0.2) is 0 Å². The normalized spacial score (nSPS) is 11.5. The summed E-state index contributed by atoms with van der Waals surface area (Å²) in [6, 6.07) is 9.13. The number of hydrogen-bond donors (Lipinski definition) is 3. The van der Waals surface area contributed by atoms with Crippen LogP contribution >= 0.6 is 27.7 Å². The lowest BCUT2D eigenvalue weighted by molar-refractivity contribution is -0.123. The molecule has 1 aromatic heterocycles. The minimum Gasteiger partial charge on any atom is -0.459 e. The maximum atomic E-state index is 12.4. The Balaban J connectivity index is 1.96. The van der Waals surface area contributed by atoms with Gasteiger partial charge in [0.1, 0.15) is 6.04 Å². The zero-order valence-corrected chi connectivity index (χ0v) is 16.4. The SMILES string of the molecule is CSCCC(NC(=O)c1ccco1)C(=O)NNC(=O)c1ccccc1Br. The van der Waals surface area contributed by atoms with E-state index in [9.17, 15) is 14.4 Å². The second kappa shape index (κ2) is 10.0. The van der Waals surface area contributed by atoms with E-state index in [4.69, 9.17) is 4.42 Å². The Labute approximate surface area is 163 Å². The first-order chi connectivity index (χ1) is 12.5. The fourth-order valence-corrected chi connectivity index (χ4v) is 3.00. The number of thioether (sulfide) groups is 1. The molecule has 0 bridgehead atoms. The Bertz CT molecular complexity index is 767. The van der Waals surface area contributed by atoms with Crippen LogP contribution in [0.25, 0.3) is 0 Å². The maximum Gasteiger partial charge on any atom is 0.287 e. The van der Waals surface area contributed by atoms with Crippen LogP contribution in [0.15, 0.2) is 51.6 Å². The van der Waals surface area contributed by atoms with Crippen LogP contribution in [0.4, 0.5) is 0 Å². The number of rotatable bonds is 7. The number of furan rings is 1. The number of nitrogens with one attached hydrogen (secondary N) is 3. The van der Waals surface area contributed by atoms with Gasteiger partial charge in [0.2, 0.25) is 0 Å². The first-order valence-electron chi connectivity index (χ1n) is 7.71. The Kier molecular flexibility index (Phi) is 7.73. The van der Waals surface area contributed by atoms with E-state index in [2.05, 4.69) is 32.1 Å². The molecular formula is C17H18BrN3O4S. The fraction of sp³-hybridized carbons (Fsp3) is 0.235. The molecule has 1 heterocycles. The average molecular weight is 440 g/mol. The van der Waals surface area contributed by atoms with E-state index in [0.29, 0.717) is 22.2 Å². The minimum atomic E-state index is -0.806. The molecule has 0 saturated carbocycles. The molecule has 0 aliphatic carbocycles. The van der Waals surface area contributed by atoms with Gasteiger partial charge in [-0.1, -0.05) is 12.1 Å². The standard InChI is InChI=1S/C17H18BrN3O4S/c1-26-10-8-13(19-17(24)14-7-4-9-25-14)16(23)21-20-15(22)11-5-2-3-6-12(11)18/h2-7,9,13H,8,10H2,1H3,(H,19,24)(H,20,22)(H,21,23). The van der Waals surface area contributed by atoms with Crippen LogP contribution in [0.1, 0.15) is 27.3 Å². The lowest BCUT2D eigenvalue weighted by Crippen LogP contribution is -2.52. The van der Waals surface area contributed by atoms with Gasteiger partial charge in [-0.3, -0.25) is 25.2 Å². The predicted molar refractivity (Wildman–Crippen MR) is 103 cm³/mol. The van der Waals surface area contributed by atoms with E-state index in [1.807, 2.05) is 6.26 Å². The molecule has 26 heavy (non-hydrogen) atoms. The van der Waals surface area contributed by atoms with E-state index < -0.39 is 23.8 Å². The molecule has 3 amide bonds. The molecular weight excluding hydrogens is 422 g/mol. The predicted octanol–water partition coefficient (Wildman–Crippen LogP) is 2.35. The summed E-state index contributed by atoms with van der Waals surface area (Å²) in [6.45, 7) is 0. The van der Waals surface area contributed by atoms with E-state index in [1.54, 1.807) is 42.1 Å². The number of carbonyl (C=O) groups excluding carboxylic acids is 3. The van der Waals surface area contributed by atoms with Crippen molar-refractivity contribution in [3.8, 4) is 0 Å². The molecule has 0 fully saturated rings. The van der Waals surface area contributed by atoms with Crippen molar-refractivity contribution in [1.82, 2.24) is 16.2 Å². The zero-order valence-electron chi connectivity index (χ0n) is 14.0. The second-order valence-corrected chi connectivity index (χ2v) is 7.05. The van der Waals surface area contributed by atoms with Crippen molar-refractivity contribution in [3.63, 3.8) is 0 Å². The molecule has 3 N–H and O–H groups in total. The van der Waals surface area contributed by atoms with Gasteiger partial charge < -0.3 is 9.73 Å². The van der Waals surface area contributed by atoms with Crippen molar-refractivity contribution in [2.24, 2.45) is 0 Å². The number of halogens is 1. The van der Waals surface area contributed by atoms with Crippen LogP contribution in [0.3, 0.4) is 0 Å². The summed E-state index contributed by atoms with van der Waals surface area (Å²) in [5.74, 6) is -0.696. The van der Waals surface area contributed by atoms with Crippen LogP contribution in [-0.2, 0) is 4.79 Å². The highest BCUT2D eigenvalue weighted by Gasteiger charge is 2.23. The van der Waals surface area contributed by atoms with Crippen molar-refractivity contribution >= 4 is 45.4 Å². The van der Waals surface area contributed by atoms with Gasteiger partial charge in [-0.2, -0.15) is 11.8 Å². The van der Waals surface area contributed by atoms with Crippen molar-refractivity contribution in [2.75, 3.05) is 12.0 Å². The highest BCUT2D eigenvalue weighted by molar-refractivity contribution is 9.10. The summed E-state index contributed by atoms with van der Waals surface area (Å²) >= 11 is 4.82. The van der Waals surface area contributed by atoms with Gasteiger partial charge in [0.15, 0.2) is 5.76 Å². The van der Waals surface area contributed by atoms with Gasteiger partial charge in [0, 0.05) is 4.47 Å². The molecule has 2 aromatic rings. The molecule has 0 radical (unpaired) electrons. The van der Waals surface area contributed by atoms with Crippen LogP contribution < -0.4 is 16.2 Å². The number of carbonyl (C=O) groups is 3. The largest absolute Gasteiger partial charge is 0.459 e. The number of hydrazine groups is 1. The maximum absolute atomic E-state index is 12.4. The smallest absolute Gasteiger partial charge is 0.287 e. The Morgan fingerprint density at radius 2 is 1.88 bits per heavy atom. The average Bonchev–Trinajstić information content (AvgIpc) is 3.18. The van der Waals surface area contributed by atoms with Gasteiger partial charge in [0.25, 0.3) is 17.7 Å². The van der Waals surface area contributed by atoms with Crippen molar-refractivity contribution < 1.29 is 18.8 Å². The number of amides is 3. The Morgan fingerprint density at radius 1 is 1.12 bits per heavy atom. The summed E-state index contributed by atoms with van der Waals surface area (Å²) < 4.78 is 5.63. The van der Waals surface area contributed by atoms with Gasteiger partial charge in [-0.05, 0) is 58.6 Å². The highest BCUT2D eigenvalue weighted by Crippen LogP contribution is 2.15. The van der Waals surface area contributed by atoms with E-state index in [-0.39, 0.29) is 5.76 Å². The van der Waals surface area contributed by atoms with Gasteiger partial charge >= 0.3 is 0 Å². The second-order valence-electron chi connectivity index (χ2n) is 5.21. The minimum absolute atomic E-state index is 0.115. The van der Waals surface area contributed by atoms with Gasteiger partial charge in [0.05, 0.1) is 11.8 Å². The molecule has 9 heteroatoms. The van der Waals surface area contributed by atoms with Crippen LogP contribution in [0.5, 0.6) is 0 Å². The number of hydrogen-bond acceptors (Lipinski definition) is 5. The molecule has 0 aliphatic rings. The Hall–Kier alpha value is -2.26. The topological polar surface area (TPSA) is 100 Å². The monoisotopic (exact) mass is 439 g/mol. The van der Waals surface area contributed by atoms with Crippen LogP contribution in [0, 0.1) is 0 Å². The van der Waals surface area contributed by atoms with E-state index in [1.165, 1.54) is 12.3 Å². The summed E-state index contributed by atoms with van der Waals surface area (Å²) in [6.07, 6.45) is 3.69. The quantitative estimate of drug-likeness (QED) is 0.574. The highest BCUT2D eigenvalue weighted by atomic mass is 79.9. The summed E-state index contributed by atoms with van der Waals surface area (Å²) in [4.78, 5) is 36.6. The molecule has 2 rings (SSSR count). The van der Waals surface area contributed by atoms with Crippen molar-refractivity contribution in [1.29, 1.82) is 0 Å². The van der Waals surface area contributed by atoms with E-state index in [0.717, 1.165) is 0 Å². The molecule has 0 aliphatic heterocycles. The molecule has 1 aromatic carbocycles. The number of benzene rings is 1. The van der Waals surface area contributed by atoms with Crippen molar-refractivity contribution in [3.05, 3.63) is 58.5 Å². The zero-order chi connectivity index (χ0) is 18.9. The summed E-state index contributed by atoms with van der Waals surface area (Å²) in [5.41, 5.74) is 5.09. The molecule has 1 atom stereocenters. The lowest BCUT2D eigenvalue weighted by atomic mass is 10.2. The van der Waals surface area contributed by atoms with Crippen molar-refractivity contribution in [2.45, 2.75) is 12.5 Å². The van der Waals surface area contributed by atoms with Gasteiger partial charge in [-0.15, -0.1) is 0 Å². The first kappa shape index (κ1) is 20.1. The Morgan fingerprint density at radius 3 is 2.54 bits per heavy atom. The molecule has 0 spiro atoms. The third-order valence-corrected chi connectivity index (χ3v) is 4.73. The third kappa shape index (κ3) is 5.63. The van der Waals surface area contributed by atoms with E-state index >= 15 is 0 Å². The third-order valence-electron chi connectivity index (χ3n) is 3.40. The molecule has 7 nitrogen and oxygen atoms in total. The van der Waals surface area contributed by atoms with Crippen LogP contribution in [0.2, 0.25) is 0 Å². The first-order valence-corrected chi connectivity index (χ1v) is 9.89. The van der Waals surface area contributed by atoms with Crippen LogP contribution in [-0.4, -0.2) is 35.8 Å². The molecule has 0 saturated heterocycles. The summed E-state index contributed by atoms with van der Waals surface area (Å²) in [7, 11) is 0.